The molecule has 0 unspecified atom stereocenters. The molecule has 0 amide bonds. The number of ether oxygens (including phenoxy) is 1. The molecule has 1 aromatic carbocycles. The molecule has 78 valence electrons. The minimum Gasteiger partial charge on any atom is -0.376 e. The molecular formula is C12H13NO2. The predicted molar refractivity (Wildman–Crippen MR) is 59.0 cm³/mol. The third-order valence-corrected chi connectivity index (χ3v) is 2.32. The van der Waals surface area contributed by atoms with Crippen molar-refractivity contribution in [3.05, 3.63) is 29.8 Å². The van der Waals surface area contributed by atoms with Gasteiger partial charge in [0.2, 0.25) is 0 Å². The molecule has 0 fully saturated rings. The van der Waals surface area contributed by atoms with Crippen molar-refractivity contribution in [1.29, 1.82) is 0 Å². The summed E-state index contributed by atoms with van der Waals surface area (Å²) in [6.45, 7) is 3.03. The Balaban J connectivity index is 2.26. The molecule has 3 nitrogen and oxygen atoms in total. The van der Waals surface area contributed by atoms with Crippen molar-refractivity contribution in [2.45, 2.75) is 13.3 Å². The van der Waals surface area contributed by atoms with Crippen molar-refractivity contribution in [2.24, 2.45) is 4.99 Å². The highest BCUT2D eigenvalue weighted by Gasteiger charge is 2.18. The normalized spacial score (nSPS) is 14.7. The first-order valence-electron chi connectivity index (χ1n) is 5.07. The molecule has 0 radical (unpaired) electrons. The number of Topliss-reactive ketones (excluding diaryl/α,β-unsaturated/α-hetero) is 1. The van der Waals surface area contributed by atoms with Gasteiger partial charge in [-0.05, 0) is 19.1 Å². The third kappa shape index (κ3) is 2.13. The molecule has 1 aliphatic rings. The SMILES string of the molecule is CCOCC1=Nc2ccccc2C(=O)C1. The van der Waals surface area contributed by atoms with Gasteiger partial charge in [-0.15, -0.1) is 0 Å². The van der Waals surface area contributed by atoms with E-state index in [4.69, 9.17) is 4.74 Å². The Labute approximate surface area is 88.8 Å². The van der Waals surface area contributed by atoms with Crippen molar-refractivity contribution in [1.82, 2.24) is 0 Å². The van der Waals surface area contributed by atoms with Crippen LogP contribution in [0.15, 0.2) is 29.3 Å². The van der Waals surface area contributed by atoms with E-state index in [1.54, 1.807) is 0 Å². The maximum absolute atomic E-state index is 11.7. The van der Waals surface area contributed by atoms with Crippen LogP contribution in [0, 0.1) is 0 Å². The summed E-state index contributed by atoms with van der Waals surface area (Å²) in [4.78, 5) is 16.1. The number of benzene rings is 1. The molecule has 0 atom stereocenters. The molecule has 2 rings (SSSR count). The van der Waals surface area contributed by atoms with E-state index in [-0.39, 0.29) is 5.78 Å². The first kappa shape index (κ1) is 10.1. The molecule has 15 heavy (non-hydrogen) atoms. The van der Waals surface area contributed by atoms with Crippen molar-refractivity contribution < 1.29 is 9.53 Å². The lowest BCUT2D eigenvalue weighted by Gasteiger charge is -2.13. The molecule has 0 saturated carbocycles. The first-order valence-corrected chi connectivity index (χ1v) is 5.07. The second-order valence-electron chi connectivity index (χ2n) is 3.43. The van der Waals surface area contributed by atoms with Gasteiger partial charge in [0, 0.05) is 12.2 Å². The van der Waals surface area contributed by atoms with Gasteiger partial charge in [-0.1, -0.05) is 12.1 Å². The average molecular weight is 203 g/mol. The van der Waals surface area contributed by atoms with Gasteiger partial charge >= 0.3 is 0 Å². The number of hydrogen-bond donors (Lipinski definition) is 0. The van der Waals surface area contributed by atoms with Gasteiger partial charge < -0.3 is 4.74 Å². The number of carbonyl (C=O) groups excluding carboxylic acids is 1. The zero-order valence-electron chi connectivity index (χ0n) is 8.69. The number of carbonyl (C=O) groups is 1. The second kappa shape index (κ2) is 4.36. The molecule has 0 aromatic heterocycles. The van der Waals surface area contributed by atoms with E-state index < -0.39 is 0 Å². The van der Waals surface area contributed by atoms with Crippen molar-refractivity contribution in [2.75, 3.05) is 13.2 Å². The lowest BCUT2D eigenvalue weighted by Crippen LogP contribution is -2.18. The van der Waals surface area contributed by atoms with Gasteiger partial charge in [0.05, 0.1) is 24.4 Å². The number of nitrogens with zero attached hydrogens (tertiary/aromatic N) is 1. The fourth-order valence-corrected chi connectivity index (χ4v) is 1.60. The van der Waals surface area contributed by atoms with E-state index in [1.807, 2.05) is 31.2 Å². The summed E-state index contributed by atoms with van der Waals surface area (Å²) in [5, 5.41) is 0. The second-order valence-corrected chi connectivity index (χ2v) is 3.43. The number of fused-ring (bicyclic) bond motifs is 1. The van der Waals surface area contributed by atoms with Crippen molar-refractivity contribution in [3.63, 3.8) is 0 Å². The lowest BCUT2D eigenvalue weighted by molar-refractivity contribution is 0.0995. The Morgan fingerprint density at radius 1 is 1.40 bits per heavy atom. The fourth-order valence-electron chi connectivity index (χ4n) is 1.60. The molecule has 1 aromatic rings. The smallest absolute Gasteiger partial charge is 0.170 e. The molecule has 3 heteroatoms. The van der Waals surface area contributed by atoms with Crippen molar-refractivity contribution in [3.8, 4) is 0 Å². The van der Waals surface area contributed by atoms with Crippen LogP contribution in [0.3, 0.4) is 0 Å². The summed E-state index contributed by atoms with van der Waals surface area (Å²) in [6, 6.07) is 7.43. The zero-order chi connectivity index (χ0) is 10.7. The van der Waals surface area contributed by atoms with E-state index in [1.165, 1.54) is 0 Å². The van der Waals surface area contributed by atoms with Crippen LogP contribution in [-0.4, -0.2) is 24.7 Å². The Morgan fingerprint density at radius 3 is 3.00 bits per heavy atom. The monoisotopic (exact) mass is 203 g/mol. The Bertz CT molecular complexity index is 410. The number of aliphatic imine (C=N–C) groups is 1. The summed E-state index contributed by atoms with van der Waals surface area (Å²) < 4.78 is 5.25. The fraction of sp³-hybridized carbons (Fsp3) is 0.333. The van der Waals surface area contributed by atoms with E-state index in [0.29, 0.717) is 19.6 Å². The van der Waals surface area contributed by atoms with Crippen LogP contribution in [0.1, 0.15) is 23.7 Å². The van der Waals surface area contributed by atoms with Crippen LogP contribution in [0.4, 0.5) is 5.69 Å². The summed E-state index contributed by atoms with van der Waals surface area (Å²) in [6.07, 6.45) is 0.386. The lowest BCUT2D eigenvalue weighted by atomic mass is 10.0. The highest BCUT2D eigenvalue weighted by atomic mass is 16.5. The molecule has 0 aliphatic carbocycles. The van der Waals surface area contributed by atoms with Gasteiger partial charge in [0.25, 0.3) is 0 Å². The number of rotatable bonds is 3. The highest BCUT2D eigenvalue weighted by Crippen LogP contribution is 2.25. The molecule has 0 bridgehead atoms. The molecule has 1 aliphatic heterocycles. The minimum absolute atomic E-state index is 0.135. The standard InChI is InChI=1S/C12H13NO2/c1-2-15-8-9-7-12(14)10-5-3-4-6-11(10)13-9/h3-6H,2,7-8H2,1H3. The number of ketones is 1. The Kier molecular flexibility index (Phi) is 2.92. The van der Waals surface area contributed by atoms with Gasteiger partial charge in [0.1, 0.15) is 0 Å². The van der Waals surface area contributed by atoms with Gasteiger partial charge in [-0.25, -0.2) is 0 Å². The topological polar surface area (TPSA) is 38.7 Å². The third-order valence-electron chi connectivity index (χ3n) is 2.32. The van der Waals surface area contributed by atoms with Crippen LogP contribution < -0.4 is 0 Å². The highest BCUT2D eigenvalue weighted by molar-refractivity contribution is 6.16. The first-order chi connectivity index (χ1) is 7.31. The van der Waals surface area contributed by atoms with Gasteiger partial charge in [0.15, 0.2) is 5.78 Å². The van der Waals surface area contributed by atoms with E-state index in [2.05, 4.69) is 4.99 Å². The zero-order valence-corrected chi connectivity index (χ0v) is 8.69. The van der Waals surface area contributed by atoms with E-state index in [9.17, 15) is 4.79 Å². The molecule has 0 spiro atoms. The van der Waals surface area contributed by atoms with Crippen LogP contribution in [0.5, 0.6) is 0 Å². The quantitative estimate of drug-likeness (QED) is 0.756. The maximum Gasteiger partial charge on any atom is 0.170 e. The van der Waals surface area contributed by atoms with Gasteiger partial charge in [-0.3, -0.25) is 9.79 Å². The minimum atomic E-state index is 0.135. The maximum atomic E-state index is 11.7. The predicted octanol–water partition coefficient (Wildman–Crippen LogP) is 2.38. The summed E-state index contributed by atoms with van der Waals surface area (Å²) in [7, 11) is 0. The van der Waals surface area contributed by atoms with Crippen LogP contribution in [0.2, 0.25) is 0 Å². The van der Waals surface area contributed by atoms with E-state index in [0.717, 1.165) is 17.0 Å². The Morgan fingerprint density at radius 2 is 2.20 bits per heavy atom. The van der Waals surface area contributed by atoms with Crippen LogP contribution in [0.25, 0.3) is 0 Å². The number of para-hydroxylation sites is 1. The van der Waals surface area contributed by atoms with Gasteiger partial charge in [-0.2, -0.15) is 0 Å². The Hall–Kier alpha value is -1.48. The molecule has 1 heterocycles. The summed E-state index contributed by atoms with van der Waals surface area (Å²) in [5.74, 6) is 0.135. The molecule has 0 N–H and O–H groups in total. The largest absolute Gasteiger partial charge is 0.376 e. The molecular weight excluding hydrogens is 190 g/mol. The number of hydrogen-bond acceptors (Lipinski definition) is 3. The average Bonchev–Trinajstić information content (AvgIpc) is 2.26. The summed E-state index contributed by atoms with van der Waals surface area (Å²) >= 11 is 0. The van der Waals surface area contributed by atoms with E-state index >= 15 is 0 Å². The molecule has 0 saturated heterocycles. The van der Waals surface area contributed by atoms with Crippen LogP contribution in [-0.2, 0) is 4.74 Å². The van der Waals surface area contributed by atoms with Crippen molar-refractivity contribution >= 4 is 17.2 Å². The summed E-state index contributed by atoms with van der Waals surface area (Å²) in [5.41, 5.74) is 2.31. The van der Waals surface area contributed by atoms with Crippen LogP contribution >= 0.6 is 0 Å².